The van der Waals surface area contributed by atoms with Crippen LogP contribution in [0.2, 0.25) is 10.0 Å². The summed E-state index contributed by atoms with van der Waals surface area (Å²) in [5.41, 5.74) is 3.21. The monoisotopic (exact) mass is 720 g/mol. The largest absolute Gasteiger partial charge is 0.497 e. The van der Waals surface area contributed by atoms with Crippen LogP contribution in [0.15, 0.2) is 89.8 Å². The van der Waals surface area contributed by atoms with Gasteiger partial charge in [-0.1, -0.05) is 47.5 Å². The maximum Gasteiger partial charge on any atom is 0.263 e. The number of fused-ring (bicyclic) bond motifs is 1. The lowest BCUT2D eigenvalue weighted by atomic mass is 10.1. The minimum absolute atomic E-state index is 0.00183. The number of ketones is 1. The summed E-state index contributed by atoms with van der Waals surface area (Å²) in [4.78, 5) is 26.6. The molecule has 0 radical (unpaired) electrons. The van der Waals surface area contributed by atoms with Crippen LogP contribution in [0.3, 0.4) is 0 Å². The zero-order valence-corrected chi connectivity index (χ0v) is 29.1. The number of carbonyl (C=O) groups is 1. The van der Waals surface area contributed by atoms with Crippen molar-refractivity contribution in [1.29, 1.82) is 0 Å². The number of para-hydroxylation sites is 2. The van der Waals surface area contributed by atoms with Gasteiger partial charge in [0.2, 0.25) is 0 Å². The number of carbonyl (C=O) groups excluding carboxylic acids is 1. The van der Waals surface area contributed by atoms with E-state index in [2.05, 4.69) is 29.8 Å². The van der Waals surface area contributed by atoms with Crippen molar-refractivity contribution >= 4 is 73.1 Å². The number of Topliss-reactive ketones (excluding diaryl/α,β-unsaturated/α-hetero) is 1. The maximum atomic E-state index is 13.7. The third-order valence-corrected chi connectivity index (χ3v) is 10.1. The fraction of sp³-hybridized carbons (Fsp3) is 0.229. The van der Waals surface area contributed by atoms with E-state index in [0.29, 0.717) is 56.9 Å². The molecule has 1 saturated heterocycles. The molecule has 11 nitrogen and oxygen atoms in total. The number of nitrogens with zero attached hydrogens (tertiary/aromatic N) is 4. The van der Waals surface area contributed by atoms with E-state index in [-0.39, 0.29) is 35.3 Å². The molecule has 254 valence electrons. The van der Waals surface area contributed by atoms with Gasteiger partial charge in [0.25, 0.3) is 10.0 Å². The number of methoxy groups -OCH3 is 2. The van der Waals surface area contributed by atoms with Gasteiger partial charge in [-0.2, -0.15) is 0 Å². The summed E-state index contributed by atoms with van der Waals surface area (Å²) in [6.07, 6.45) is 0.0939. The van der Waals surface area contributed by atoms with Crippen molar-refractivity contribution in [1.82, 2.24) is 14.9 Å². The van der Waals surface area contributed by atoms with Gasteiger partial charge in [0.1, 0.15) is 11.5 Å². The zero-order chi connectivity index (χ0) is 34.5. The Bertz CT molecular complexity index is 2090. The summed E-state index contributed by atoms with van der Waals surface area (Å²) in [5.74, 6) is 1.25. The number of sulfonamides is 1. The fourth-order valence-corrected chi connectivity index (χ4v) is 6.93. The lowest BCUT2D eigenvalue weighted by Crippen LogP contribution is -2.48. The molecular formula is C35H34Cl2N6O5S. The number of nitrogens with one attached hydrogen (secondary N) is 2. The van der Waals surface area contributed by atoms with E-state index in [1.165, 1.54) is 26.4 Å². The van der Waals surface area contributed by atoms with Crippen molar-refractivity contribution < 1.29 is 22.7 Å². The Morgan fingerprint density at radius 2 is 1.47 bits per heavy atom. The molecule has 0 bridgehead atoms. The molecule has 0 unspecified atom stereocenters. The molecule has 1 fully saturated rings. The number of hydrogen-bond acceptors (Lipinski definition) is 10. The number of benzene rings is 4. The molecule has 4 aromatic carbocycles. The van der Waals surface area contributed by atoms with Crippen LogP contribution in [0.4, 0.5) is 23.0 Å². The molecule has 1 aliphatic heterocycles. The number of ether oxygens (including phenoxy) is 2. The van der Waals surface area contributed by atoms with Crippen LogP contribution >= 0.6 is 23.2 Å². The van der Waals surface area contributed by atoms with Gasteiger partial charge in [-0.25, -0.2) is 18.4 Å². The van der Waals surface area contributed by atoms with Crippen LogP contribution < -0.4 is 24.4 Å². The second kappa shape index (κ2) is 14.9. The van der Waals surface area contributed by atoms with E-state index in [9.17, 15) is 13.2 Å². The lowest BCUT2D eigenvalue weighted by Gasteiger charge is -2.35. The first-order valence-electron chi connectivity index (χ1n) is 15.4. The molecule has 0 spiro atoms. The highest BCUT2D eigenvalue weighted by Crippen LogP contribution is 2.32. The predicted octanol–water partition coefficient (Wildman–Crippen LogP) is 6.43. The molecule has 0 saturated carbocycles. The minimum atomic E-state index is -4.13. The molecule has 5 aromatic rings. The number of rotatable bonds is 12. The third-order valence-electron chi connectivity index (χ3n) is 8.07. The van der Waals surface area contributed by atoms with Crippen LogP contribution in [0.1, 0.15) is 5.56 Å². The van der Waals surface area contributed by atoms with E-state index in [0.717, 1.165) is 18.8 Å². The van der Waals surface area contributed by atoms with E-state index in [4.69, 9.17) is 32.7 Å². The molecule has 2 heterocycles. The summed E-state index contributed by atoms with van der Waals surface area (Å²) in [5, 5.41) is 4.18. The molecule has 1 aromatic heterocycles. The van der Waals surface area contributed by atoms with Crippen LogP contribution in [0, 0.1) is 0 Å². The highest BCUT2D eigenvalue weighted by atomic mass is 35.5. The fourth-order valence-electron chi connectivity index (χ4n) is 5.56. The highest BCUT2D eigenvalue weighted by Gasteiger charge is 2.22. The Balaban J connectivity index is 1.15. The molecule has 49 heavy (non-hydrogen) atoms. The molecule has 14 heteroatoms. The average molecular weight is 722 g/mol. The summed E-state index contributed by atoms with van der Waals surface area (Å²) >= 11 is 12.3. The van der Waals surface area contributed by atoms with Gasteiger partial charge >= 0.3 is 0 Å². The molecule has 0 aliphatic carbocycles. The van der Waals surface area contributed by atoms with Crippen molar-refractivity contribution in [2.45, 2.75) is 11.3 Å². The van der Waals surface area contributed by atoms with Gasteiger partial charge in [0.15, 0.2) is 17.4 Å². The van der Waals surface area contributed by atoms with Crippen LogP contribution in [-0.4, -0.2) is 76.0 Å². The van der Waals surface area contributed by atoms with Crippen molar-refractivity contribution in [3.05, 3.63) is 101 Å². The average Bonchev–Trinajstić information content (AvgIpc) is 3.10. The zero-order valence-electron chi connectivity index (χ0n) is 26.8. The molecular weight excluding hydrogens is 687 g/mol. The smallest absolute Gasteiger partial charge is 0.263 e. The summed E-state index contributed by atoms with van der Waals surface area (Å²) in [6, 6.07) is 24.3. The second-order valence-electron chi connectivity index (χ2n) is 11.5. The Morgan fingerprint density at radius 1 is 0.796 bits per heavy atom. The first-order valence-corrected chi connectivity index (χ1v) is 17.7. The van der Waals surface area contributed by atoms with E-state index >= 15 is 0 Å². The number of hydrogen-bond donors (Lipinski definition) is 2. The number of anilines is 4. The van der Waals surface area contributed by atoms with Crippen molar-refractivity contribution in [2.75, 3.05) is 61.9 Å². The van der Waals surface area contributed by atoms with Crippen molar-refractivity contribution in [3.8, 4) is 11.5 Å². The summed E-state index contributed by atoms with van der Waals surface area (Å²) in [6.45, 7) is 3.16. The quantitative estimate of drug-likeness (QED) is 0.149. The van der Waals surface area contributed by atoms with Crippen LogP contribution in [-0.2, 0) is 21.2 Å². The topological polar surface area (TPSA) is 126 Å². The molecule has 2 N–H and O–H groups in total. The molecule has 6 rings (SSSR count). The standard InChI is InChI=1S/C35H34Cl2N6O5S/c1-47-27-18-24(19-28(21-27)48-2)38-34-35(40-33-9-4-3-8-32(33)39-34)41-49(45,46)29-7-5-6-23(17-29)16-26(44)22-42-12-14-43(15-13-42)25-10-11-30(36)31(37)20-25/h3-11,17-21H,12-16,22H2,1-2H3,(H,38,39)(H,40,41). The normalized spacial score (nSPS) is 13.7. The Labute approximate surface area is 294 Å². The Hall–Kier alpha value is -4.62. The SMILES string of the molecule is COc1cc(Nc2nc3ccccc3nc2NS(=O)(=O)c2cccc(CC(=O)CN3CCN(c4ccc(Cl)c(Cl)c4)CC3)c2)cc(OC)c1. The third kappa shape index (κ3) is 8.34. The van der Waals surface area contributed by atoms with Crippen molar-refractivity contribution in [3.63, 3.8) is 0 Å². The molecule has 0 atom stereocenters. The number of piperazine rings is 1. The van der Waals surface area contributed by atoms with Gasteiger partial charge in [-0.15, -0.1) is 0 Å². The first kappa shape index (κ1) is 34.3. The Kier molecular flexibility index (Phi) is 10.4. The second-order valence-corrected chi connectivity index (χ2v) is 14.0. The summed E-state index contributed by atoms with van der Waals surface area (Å²) < 4.78 is 40.8. The summed E-state index contributed by atoms with van der Waals surface area (Å²) in [7, 11) is -1.06. The molecule has 1 aliphatic rings. The number of halogens is 2. The van der Waals surface area contributed by atoms with E-state index in [1.54, 1.807) is 54.6 Å². The van der Waals surface area contributed by atoms with Crippen LogP contribution in [0.25, 0.3) is 11.0 Å². The van der Waals surface area contributed by atoms with E-state index < -0.39 is 10.0 Å². The Morgan fingerprint density at radius 3 is 2.12 bits per heavy atom. The van der Waals surface area contributed by atoms with Gasteiger partial charge < -0.3 is 19.7 Å². The first-order chi connectivity index (χ1) is 23.6. The lowest BCUT2D eigenvalue weighted by molar-refractivity contribution is -0.119. The molecule has 0 amide bonds. The number of aromatic nitrogens is 2. The van der Waals surface area contributed by atoms with Gasteiger partial charge in [-0.05, 0) is 48.0 Å². The van der Waals surface area contributed by atoms with Gasteiger partial charge in [0.05, 0.1) is 46.7 Å². The van der Waals surface area contributed by atoms with Gasteiger partial charge in [0, 0.05) is 62.2 Å². The minimum Gasteiger partial charge on any atom is -0.497 e. The van der Waals surface area contributed by atoms with E-state index in [1.807, 2.05) is 18.2 Å². The predicted molar refractivity (Wildman–Crippen MR) is 193 cm³/mol. The maximum absolute atomic E-state index is 13.7. The van der Waals surface area contributed by atoms with Crippen molar-refractivity contribution in [2.24, 2.45) is 0 Å². The van der Waals surface area contributed by atoms with Gasteiger partial charge in [-0.3, -0.25) is 14.4 Å². The highest BCUT2D eigenvalue weighted by molar-refractivity contribution is 7.92. The van der Waals surface area contributed by atoms with Crippen LogP contribution in [0.5, 0.6) is 11.5 Å².